The molecule has 106 valence electrons. The summed E-state index contributed by atoms with van der Waals surface area (Å²) in [6.45, 7) is 4.19. The van der Waals surface area contributed by atoms with Crippen molar-refractivity contribution < 1.29 is 4.39 Å². The molecule has 0 bridgehead atoms. The van der Waals surface area contributed by atoms with Crippen LogP contribution in [0.4, 0.5) is 4.39 Å². The van der Waals surface area contributed by atoms with E-state index in [2.05, 4.69) is 48.0 Å². The molecule has 0 aliphatic carbocycles. The van der Waals surface area contributed by atoms with E-state index in [-0.39, 0.29) is 11.9 Å². The van der Waals surface area contributed by atoms with E-state index < -0.39 is 0 Å². The van der Waals surface area contributed by atoms with Gasteiger partial charge in [0.05, 0.1) is 0 Å². The molecule has 0 radical (unpaired) electrons. The number of hydrogen-bond donors (Lipinski definition) is 1. The Balaban J connectivity index is 2.08. The minimum Gasteiger partial charge on any atom is -0.327 e. The van der Waals surface area contributed by atoms with Crippen LogP contribution in [0.2, 0.25) is 0 Å². The number of benzene rings is 2. The van der Waals surface area contributed by atoms with Crippen molar-refractivity contribution in [1.82, 2.24) is 0 Å². The smallest absolute Gasteiger partial charge is 0.124 e. The molecule has 2 aromatic carbocycles. The lowest BCUT2D eigenvalue weighted by Crippen LogP contribution is -2.26. The molecule has 0 aliphatic rings. The van der Waals surface area contributed by atoms with Gasteiger partial charge < -0.3 is 5.73 Å². The zero-order valence-electron chi connectivity index (χ0n) is 11.8. The first-order valence-corrected chi connectivity index (χ1v) is 7.50. The number of rotatable bonds is 4. The zero-order valence-corrected chi connectivity index (χ0v) is 13.4. The van der Waals surface area contributed by atoms with E-state index in [9.17, 15) is 4.39 Å². The molecule has 1 atom stereocenters. The summed E-state index contributed by atoms with van der Waals surface area (Å²) in [5, 5.41) is 0. The quantitative estimate of drug-likeness (QED) is 0.884. The molecule has 1 unspecified atom stereocenters. The number of aryl methyl sites for hydroxylation is 2. The minimum absolute atomic E-state index is 0.0252. The van der Waals surface area contributed by atoms with Gasteiger partial charge in [-0.25, -0.2) is 4.39 Å². The molecular formula is C17H19BrFN. The van der Waals surface area contributed by atoms with Crippen molar-refractivity contribution in [2.24, 2.45) is 5.73 Å². The van der Waals surface area contributed by atoms with E-state index in [1.165, 1.54) is 28.8 Å². The van der Waals surface area contributed by atoms with Crippen molar-refractivity contribution in [3.05, 3.63) is 68.9 Å². The largest absolute Gasteiger partial charge is 0.327 e. The molecular weight excluding hydrogens is 317 g/mol. The lowest BCUT2D eigenvalue weighted by atomic mass is 9.96. The second-order valence-corrected chi connectivity index (χ2v) is 6.19. The summed E-state index contributed by atoms with van der Waals surface area (Å²) in [6, 6.07) is 11.2. The molecule has 0 amide bonds. The minimum atomic E-state index is -0.233. The van der Waals surface area contributed by atoms with Gasteiger partial charge >= 0.3 is 0 Å². The van der Waals surface area contributed by atoms with Crippen LogP contribution in [-0.4, -0.2) is 6.04 Å². The first-order valence-electron chi connectivity index (χ1n) is 6.71. The van der Waals surface area contributed by atoms with E-state index in [1.807, 2.05) is 0 Å². The maximum atomic E-state index is 13.1. The maximum absolute atomic E-state index is 13.1. The number of nitrogens with two attached hydrogens (primary N) is 1. The first-order chi connectivity index (χ1) is 9.45. The van der Waals surface area contributed by atoms with Gasteiger partial charge in [0.2, 0.25) is 0 Å². The van der Waals surface area contributed by atoms with Gasteiger partial charge in [0.1, 0.15) is 5.82 Å². The van der Waals surface area contributed by atoms with Crippen molar-refractivity contribution in [2.75, 3.05) is 0 Å². The standard InChI is InChI=1S/C17H19BrFN/c1-11-3-4-12(2)14(7-11)9-16(20)8-13-5-6-15(19)10-17(13)18/h3-7,10,16H,8-9,20H2,1-2H3. The second kappa shape index (κ2) is 6.51. The van der Waals surface area contributed by atoms with Crippen molar-refractivity contribution >= 4 is 15.9 Å². The molecule has 0 aliphatic heterocycles. The average Bonchev–Trinajstić information content (AvgIpc) is 2.37. The summed E-state index contributed by atoms with van der Waals surface area (Å²) in [7, 11) is 0. The molecule has 3 heteroatoms. The Kier molecular flexibility index (Phi) is 4.95. The van der Waals surface area contributed by atoms with Gasteiger partial charge in [-0.05, 0) is 55.5 Å². The van der Waals surface area contributed by atoms with E-state index >= 15 is 0 Å². The Morgan fingerprint density at radius 2 is 1.75 bits per heavy atom. The molecule has 0 saturated carbocycles. The topological polar surface area (TPSA) is 26.0 Å². The Morgan fingerprint density at radius 3 is 2.45 bits per heavy atom. The summed E-state index contributed by atoms with van der Waals surface area (Å²) in [5.74, 6) is -0.233. The second-order valence-electron chi connectivity index (χ2n) is 5.33. The van der Waals surface area contributed by atoms with E-state index in [4.69, 9.17) is 5.73 Å². The Hall–Kier alpha value is -1.19. The van der Waals surface area contributed by atoms with Crippen LogP contribution in [-0.2, 0) is 12.8 Å². The fraction of sp³-hybridized carbons (Fsp3) is 0.294. The third-order valence-corrected chi connectivity index (χ3v) is 4.22. The highest BCUT2D eigenvalue weighted by Gasteiger charge is 2.10. The molecule has 0 aromatic heterocycles. The Bertz CT molecular complexity index is 610. The predicted molar refractivity (Wildman–Crippen MR) is 85.4 cm³/mol. The molecule has 20 heavy (non-hydrogen) atoms. The highest BCUT2D eigenvalue weighted by molar-refractivity contribution is 9.10. The lowest BCUT2D eigenvalue weighted by molar-refractivity contribution is 0.622. The molecule has 0 fully saturated rings. The highest BCUT2D eigenvalue weighted by Crippen LogP contribution is 2.20. The third kappa shape index (κ3) is 3.90. The van der Waals surface area contributed by atoms with Crippen LogP contribution in [0.25, 0.3) is 0 Å². The van der Waals surface area contributed by atoms with Crippen molar-refractivity contribution in [1.29, 1.82) is 0 Å². The SMILES string of the molecule is Cc1ccc(C)c(CC(N)Cc2ccc(F)cc2Br)c1. The Labute approximate surface area is 128 Å². The lowest BCUT2D eigenvalue weighted by Gasteiger charge is -2.15. The average molecular weight is 336 g/mol. The Morgan fingerprint density at radius 1 is 1.05 bits per heavy atom. The van der Waals surface area contributed by atoms with Crippen LogP contribution >= 0.6 is 15.9 Å². The number of halogens is 2. The third-order valence-electron chi connectivity index (χ3n) is 3.48. The van der Waals surface area contributed by atoms with Gasteiger partial charge in [0.15, 0.2) is 0 Å². The van der Waals surface area contributed by atoms with Crippen molar-refractivity contribution in [2.45, 2.75) is 32.7 Å². The van der Waals surface area contributed by atoms with Crippen LogP contribution in [0.5, 0.6) is 0 Å². The van der Waals surface area contributed by atoms with Crippen LogP contribution in [0.3, 0.4) is 0 Å². The fourth-order valence-electron chi connectivity index (χ4n) is 2.34. The van der Waals surface area contributed by atoms with Crippen LogP contribution < -0.4 is 5.73 Å². The van der Waals surface area contributed by atoms with Gasteiger partial charge in [0, 0.05) is 10.5 Å². The predicted octanol–water partition coefficient (Wildman–Crippen LogP) is 4.32. The summed E-state index contributed by atoms with van der Waals surface area (Å²) < 4.78 is 13.9. The number of hydrogen-bond acceptors (Lipinski definition) is 1. The van der Waals surface area contributed by atoms with Gasteiger partial charge in [-0.15, -0.1) is 0 Å². The molecule has 0 heterocycles. The zero-order chi connectivity index (χ0) is 14.7. The highest BCUT2D eigenvalue weighted by atomic mass is 79.9. The molecule has 0 spiro atoms. The van der Waals surface area contributed by atoms with Gasteiger partial charge in [-0.2, -0.15) is 0 Å². The first kappa shape index (κ1) is 15.2. The van der Waals surface area contributed by atoms with Crippen molar-refractivity contribution in [3.63, 3.8) is 0 Å². The summed E-state index contributed by atoms with van der Waals surface area (Å²) in [6.07, 6.45) is 1.56. The molecule has 2 aromatic rings. The molecule has 0 saturated heterocycles. The van der Waals surface area contributed by atoms with Gasteiger partial charge in [0.25, 0.3) is 0 Å². The molecule has 2 N–H and O–H groups in total. The van der Waals surface area contributed by atoms with Crippen LogP contribution in [0.15, 0.2) is 40.9 Å². The summed E-state index contributed by atoms with van der Waals surface area (Å²) in [5.41, 5.74) is 11.1. The van der Waals surface area contributed by atoms with Crippen LogP contribution in [0, 0.1) is 19.7 Å². The van der Waals surface area contributed by atoms with E-state index in [0.29, 0.717) is 0 Å². The molecule has 1 nitrogen and oxygen atoms in total. The normalized spacial score (nSPS) is 12.4. The van der Waals surface area contributed by atoms with Gasteiger partial charge in [-0.3, -0.25) is 0 Å². The molecule has 2 rings (SSSR count). The van der Waals surface area contributed by atoms with E-state index in [0.717, 1.165) is 22.9 Å². The van der Waals surface area contributed by atoms with E-state index in [1.54, 1.807) is 6.07 Å². The fourth-order valence-corrected chi connectivity index (χ4v) is 2.86. The summed E-state index contributed by atoms with van der Waals surface area (Å²) in [4.78, 5) is 0. The van der Waals surface area contributed by atoms with Crippen molar-refractivity contribution in [3.8, 4) is 0 Å². The monoisotopic (exact) mass is 335 g/mol. The maximum Gasteiger partial charge on any atom is 0.124 e. The van der Waals surface area contributed by atoms with Crippen LogP contribution in [0.1, 0.15) is 22.3 Å². The summed E-state index contributed by atoms with van der Waals surface area (Å²) >= 11 is 3.39. The van der Waals surface area contributed by atoms with Gasteiger partial charge in [-0.1, -0.05) is 45.8 Å².